The highest BCUT2D eigenvalue weighted by Crippen LogP contribution is 2.46. The van der Waals surface area contributed by atoms with E-state index in [1.54, 1.807) is 28.8 Å². The first-order chi connectivity index (χ1) is 18.1. The molecule has 0 unspecified atom stereocenters. The van der Waals surface area contributed by atoms with E-state index in [1.807, 2.05) is 68.6 Å². The van der Waals surface area contributed by atoms with Crippen LogP contribution < -0.4 is 5.32 Å². The second-order valence-corrected chi connectivity index (χ2v) is 10.3. The fraction of sp³-hybridized carbons (Fsp3) is 0.138. The van der Waals surface area contributed by atoms with Crippen molar-refractivity contribution >= 4 is 51.7 Å². The lowest BCUT2D eigenvalue weighted by Gasteiger charge is -2.19. The van der Waals surface area contributed by atoms with E-state index >= 15 is 0 Å². The largest absolute Gasteiger partial charge is 0.384 e. The molecule has 0 saturated carbocycles. The summed E-state index contributed by atoms with van der Waals surface area (Å²) in [6.07, 6.45) is 0. The summed E-state index contributed by atoms with van der Waals surface area (Å²) >= 11 is 2.93. The predicted molar refractivity (Wildman–Crippen MR) is 154 cm³/mol. The van der Waals surface area contributed by atoms with E-state index < -0.39 is 0 Å². The van der Waals surface area contributed by atoms with Gasteiger partial charge in [-0.05, 0) is 48.0 Å². The molecule has 6 nitrogen and oxygen atoms in total. The normalized spacial score (nSPS) is 18.4. The number of amides is 1. The molecule has 2 heterocycles. The Morgan fingerprint density at radius 2 is 1.76 bits per heavy atom. The topological polar surface area (TPSA) is 71.7 Å². The van der Waals surface area contributed by atoms with Crippen molar-refractivity contribution in [3.05, 3.63) is 111 Å². The van der Waals surface area contributed by atoms with Crippen molar-refractivity contribution in [3.8, 4) is 6.07 Å². The van der Waals surface area contributed by atoms with Gasteiger partial charge >= 0.3 is 0 Å². The molecule has 0 aliphatic carbocycles. The lowest BCUT2D eigenvalue weighted by molar-refractivity contribution is -0.122. The van der Waals surface area contributed by atoms with E-state index in [2.05, 4.69) is 33.8 Å². The quantitative estimate of drug-likeness (QED) is 0.367. The first kappa shape index (κ1) is 24.8. The molecule has 37 heavy (non-hydrogen) atoms. The number of hydrogen-bond acceptors (Lipinski definition) is 7. The number of benzene rings is 3. The Bertz CT molecular complexity index is 1460. The van der Waals surface area contributed by atoms with E-state index in [0.29, 0.717) is 34.4 Å². The number of aliphatic imine (C=N–C) groups is 1. The summed E-state index contributed by atoms with van der Waals surface area (Å²) < 4.78 is 0. The summed E-state index contributed by atoms with van der Waals surface area (Å²) in [7, 11) is 1.99. The number of nitriles is 1. The molecule has 0 bridgehead atoms. The van der Waals surface area contributed by atoms with Crippen molar-refractivity contribution in [3.63, 3.8) is 0 Å². The average Bonchev–Trinajstić information content (AvgIpc) is 3.45. The molecule has 1 N–H and O–H groups in total. The van der Waals surface area contributed by atoms with Crippen LogP contribution in [-0.4, -0.2) is 34.5 Å². The van der Waals surface area contributed by atoms with Gasteiger partial charge in [-0.1, -0.05) is 72.4 Å². The van der Waals surface area contributed by atoms with Crippen LogP contribution in [0.5, 0.6) is 0 Å². The van der Waals surface area contributed by atoms with Crippen molar-refractivity contribution in [1.82, 2.24) is 9.80 Å². The molecule has 0 atom stereocenters. The number of carbonyl (C=O) groups is 1. The van der Waals surface area contributed by atoms with Gasteiger partial charge in [0, 0.05) is 19.0 Å². The number of nitrogens with zero attached hydrogens (tertiary/aromatic N) is 4. The Balaban J connectivity index is 1.55. The Hall–Kier alpha value is -3.93. The summed E-state index contributed by atoms with van der Waals surface area (Å²) in [5, 5.41) is 16.3. The van der Waals surface area contributed by atoms with Crippen molar-refractivity contribution in [2.45, 2.75) is 13.5 Å². The van der Waals surface area contributed by atoms with Gasteiger partial charge in [-0.15, -0.1) is 0 Å². The zero-order valence-electron chi connectivity index (χ0n) is 20.5. The summed E-state index contributed by atoms with van der Waals surface area (Å²) in [4.78, 5) is 23.2. The molecular formula is C29H25N5OS2. The van der Waals surface area contributed by atoms with Crippen molar-refractivity contribution in [2.75, 3.05) is 18.9 Å². The number of nitrogens with one attached hydrogen (secondary N) is 1. The van der Waals surface area contributed by atoms with Gasteiger partial charge in [-0.3, -0.25) is 9.69 Å². The standard InChI is InChI=1S/C29H25N5OS2/c1-3-31-23-15-14-21(17-30)16-24(23)32-29-34(18-20-10-6-4-7-11-20)27(35)26(37-29)28-33(2)25(19-36-28)22-12-8-5-9-13-22/h4-16,19,31H,3,18H2,1-2H3/b28-26-,32-29+. The number of carbonyl (C=O) groups excluding carboxylic acids is 1. The first-order valence-corrected chi connectivity index (χ1v) is 13.6. The average molecular weight is 524 g/mol. The van der Waals surface area contributed by atoms with Gasteiger partial charge in [0.1, 0.15) is 4.91 Å². The van der Waals surface area contributed by atoms with Crippen LogP contribution in [-0.2, 0) is 11.3 Å². The predicted octanol–water partition coefficient (Wildman–Crippen LogP) is 6.60. The van der Waals surface area contributed by atoms with Crippen LogP contribution in [0.1, 0.15) is 23.6 Å². The van der Waals surface area contributed by atoms with E-state index in [1.165, 1.54) is 11.8 Å². The van der Waals surface area contributed by atoms with E-state index in [0.717, 1.165) is 27.5 Å². The van der Waals surface area contributed by atoms with Crippen LogP contribution >= 0.6 is 23.5 Å². The van der Waals surface area contributed by atoms with E-state index in [9.17, 15) is 10.1 Å². The monoisotopic (exact) mass is 523 g/mol. The fourth-order valence-corrected chi connectivity index (χ4v) is 6.36. The minimum atomic E-state index is -0.0777. The summed E-state index contributed by atoms with van der Waals surface area (Å²) in [5.41, 5.74) is 5.15. The number of amidine groups is 1. The molecular weight excluding hydrogens is 498 g/mol. The minimum Gasteiger partial charge on any atom is -0.384 e. The van der Waals surface area contributed by atoms with Crippen LogP contribution in [0.3, 0.4) is 0 Å². The van der Waals surface area contributed by atoms with Gasteiger partial charge in [0.25, 0.3) is 5.91 Å². The van der Waals surface area contributed by atoms with Crippen LogP contribution in [0.15, 0.2) is 99.2 Å². The third-order valence-electron chi connectivity index (χ3n) is 5.97. The van der Waals surface area contributed by atoms with E-state index in [4.69, 9.17) is 4.99 Å². The second kappa shape index (κ2) is 11.0. The van der Waals surface area contributed by atoms with Gasteiger partial charge in [0.15, 0.2) is 5.17 Å². The molecule has 2 aliphatic heterocycles. The highest BCUT2D eigenvalue weighted by Gasteiger charge is 2.38. The Labute approximate surface area is 225 Å². The SMILES string of the molecule is CCNc1ccc(C#N)cc1/N=C1/S/C(=C2\SC=C(c3ccccc3)N2C)C(=O)N1Cc1ccccc1. The van der Waals surface area contributed by atoms with Crippen LogP contribution in [0.2, 0.25) is 0 Å². The summed E-state index contributed by atoms with van der Waals surface area (Å²) in [6.45, 7) is 3.13. The molecule has 3 aromatic carbocycles. The van der Waals surface area contributed by atoms with Gasteiger partial charge in [0.05, 0.1) is 40.3 Å². The maximum atomic E-state index is 13.9. The van der Waals surface area contributed by atoms with Gasteiger partial charge in [0.2, 0.25) is 0 Å². The van der Waals surface area contributed by atoms with Gasteiger partial charge < -0.3 is 10.2 Å². The number of thioether (sulfide) groups is 2. The van der Waals surface area contributed by atoms with Gasteiger partial charge in [-0.2, -0.15) is 5.26 Å². The molecule has 184 valence electrons. The molecule has 0 aromatic heterocycles. The zero-order valence-corrected chi connectivity index (χ0v) is 22.1. The van der Waals surface area contributed by atoms with Gasteiger partial charge in [-0.25, -0.2) is 4.99 Å². The molecule has 1 fully saturated rings. The molecule has 2 aliphatic rings. The zero-order chi connectivity index (χ0) is 25.8. The highest BCUT2D eigenvalue weighted by atomic mass is 32.2. The fourth-order valence-electron chi connectivity index (χ4n) is 4.12. The lowest BCUT2D eigenvalue weighted by atomic mass is 10.1. The lowest BCUT2D eigenvalue weighted by Crippen LogP contribution is -2.29. The third kappa shape index (κ3) is 5.15. The van der Waals surface area contributed by atoms with E-state index in [-0.39, 0.29) is 5.91 Å². The molecule has 3 aromatic rings. The molecule has 1 amide bonds. The second-order valence-electron chi connectivity index (χ2n) is 8.43. The molecule has 0 radical (unpaired) electrons. The maximum Gasteiger partial charge on any atom is 0.269 e. The Kier molecular flexibility index (Phi) is 7.35. The molecule has 8 heteroatoms. The molecule has 1 saturated heterocycles. The third-order valence-corrected chi connectivity index (χ3v) is 8.21. The first-order valence-electron chi connectivity index (χ1n) is 11.9. The number of hydrogen-bond donors (Lipinski definition) is 1. The van der Waals surface area contributed by atoms with Crippen LogP contribution in [0.4, 0.5) is 11.4 Å². The highest BCUT2D eigenvalue weighted by molar-refractivity contribution is 8.19. The minimum absolute atomic E-state index is 0.0777. The van der Waals surface area contributed by atoms with Crippen molar-refractivity contribution < 1.29 is 4.79 Å². The summed E-state index contributed by atoms with van der Waals surface area (Å²) in [5.74, 6) is -0.0777. The summed E-state index contributed by atoms with van der Waals surface area (Å²) in [6, 6.07) is 27.6. The Morgan fingerprint density at radius 1 is 1.03 bits per heavy atom. The van der Waals surface area contributed by atoms with Crippen molar-refractivity contribution in [2.24, 2.45) is 4.99 Å². The van der Waals surface area contributed by atoms with Crippen LogP contribution in [0.25, 0.3) is 5.70 Å². The van der Waals surface area contributed by atoms with Crippen molar-refractivity contribution in [1.29, 1.82) is 5.26 Å². The molecule has 5 rings (SSSR count). The smallest absolute Gasteiger partial charge is 0.269 e. The number of rotatable bonds is 6. The number of anilines is 1. The molecule has 0 spiro atoms. The Morgan fingerprint density at radius 3 is 2.46 bits per heavy atom. The maximum absolute atomic E-state index is 13.9. The van der Waals surface area contributed by atoms with Crippen LogP contribution in [0, 0.1) is 11.3 Å².